The fraction of sp³-hybridized carbons (Fsp3) is 0.455. The van der Waals surface area contributed by atoms with E-state index >= 15 is 0 Å². The van der Waals surface area contributed by atoms with Gasteiger partial charge in [-0.2, -0.15) is 0 Å². The van der Waals surface area contributed by atoms with E-state index in [-0.39, 0.29) is 6.04 Å². The Bertz CT molecular complexity index is 615. The monoisotopic (exact) mass is 354 g/mol. The van der Waals surface area contributed by atoms with Crippen molar-refractivity contribution in [2.75, 3.05) is 26.2 Å². The molecule has 2 aromatic rings. The van der Waals surface area contributed by atoms with Crippen LogP contribution in [0.4, 0.5) is 0 Å². The number of rotatable bonds is 12. The Kier molecular flexibility index (Phi) is 9.35. The lowest BCUT2D eigenvalue weighted by Gasteiger charge is -2.31. The van der Waals surface area contributed by atoms with Crippen molar-refractivity contribution >= 4 is 0 Å². The molecule has 6 N–H and O–H groups in total. The van der Waals surface area contributed by atoms with Crippen molar-refractivity contribution in [2.45, 2.75) is 38.3 Å². The second kappa shape index (κ2) is 11.8. The summed E-state index contributed by atoms with van der Waals surface area (Å²) in [6, 6.07) is 19.8. The Morgan fingerprint density at radius 3 is 2.27 bits per heavy atom. The summed E-state index contributed by atoms with van der Waals surface area (Å²) in [4.78, 5) is 0. The third-order valence-corrected chi connectivity index (χ3v) is 4.82. The first-order valence-corrected chi connectivity index (χ1v) is 9.72. The van der Waals surface area contributed by atoms with Gasteiger partial charge in [-0.1, -0.05) is 54.6 Å². The molecule has 0 aliphatic rings. The molecule has 0 heterocycles. The van der Waals surface area contributed by atoms with Gasteiger partial charge in [0, 0.05) is 25.2 Å². The smallest absolute Gasteiger partial charge is 0.0478 e. The summed E-state index contributed by atoms with van der Waals surface area (Å²) in [7, 11) is 0. The summed E-state index contributed by atoms with van der Waals surface area (Å²) in [5, 5.41) is 7.43. The summed E-state index contributed by atoms with van der Waals surface area (Å²) in [5.41, 5.74) is 15.6. The van der Waals surface area contributed by atoms with Gasteiger partial charge in [-0.3, -0.25) is 0 Å². The molecule has 0 spiro atoms. The number of aryl methyl sites for hydroxylation is 1. The molecule has 0 saturated heterocycles. The average Bonchev–Trinajstić information content (AvgIpc) is 2.67. The van der Waals surface area contributed by atoms with Crippen LogP contribution in [-0.4, -0.2) is 32.2 Å². The quantitative estimate of drug-likeness (QED) is 0.472. The predicted octanol–water partition coefficient (Wildman–Crippen LogP) is 2.52. The molecular formula is C22H34N4. The molecule has 0 aliphatic heterocycles. The molecule has 4 heteroatoms. The molecule has 0 aliphatic carbocycles. The van der Waals surface area contributed by atoms with Gasteiger partial charge in [-0.25, -0.2) is 0 Å². The first-order chi connectivity index (χ1) is 12.8. The highest BCUT2D eigenvalue weighted by atomic mass is 15.0. The van der Waals surface area contributed by atoms with E-state index in [1.165, 1.54) is 16.7 Å². The van der Waals surface area contributed by atoms with Crippen molar-refractivity contribution in [3.05, 3.63) is 71.3 Å². The summed E-state index contributed by atoms with van der Waals surface area (Å²) in [6.07, 6.45) is 3.08. The molecule has 0 saturated carbocycles. The number of nitrogens with two attached hydrogens (primary N) is 2. The van der Waals surface area contributed by atoms with Crippen LogP contribution in [0, 0.1) is 6.92 Å². The molecule has 2 atom stereocenters. The number of nitrogens with one attached hydrogen (secondary N) is 2. The van der Waals surface area contributed by atoms with Gasteiger partial charge in [-0.15, -0.1) is 0 Å². The summed E-state index contributed by atoms with van der Waals surface area (Å²) >= 11 is 0. The molecule has 142 valence electrons. The van der Waals surface area contributed by atoms with Crippen LogP contribution in [0.15, 0.2) is 54.6 Å². The first-order valence-electron chi connectivity index (χ1n) is 9.72. The van der Waals surface area contributed by atoms with Crippen LogP contribution in [0.1, 0.15) is 35.6 Å². The van der Waals surface area contributed by atoms with Gasteiger partial charge in [0.05, 0.1) is 0 Å². The predicted molar refractivity (Wildman–Crippen MR) is 111 cm³/mol. The minimum absolute atomic E-state index is 0.238. The molecule has 4 nitrogen and oxygen atoms in total. The maximum absolute atomic E-state index is 5.80. The molecule has 2 rings (SSSR count). The van der Waals surface area contributed by atoms with Gasteiger partial charge in [-0.05, 0) is 56.0 Å². The van der Waals surface area contributed by atoms with E-state index in [1.807, 2.05) is 0 Å². The zero-order chi connectivity index (χ0) is 18.6. The number of benzene rings is 2. The van der Waals surface area contributed by atoms with Gasteiger partial charge in [0.1, 0.15) is 0 Å². The van der Waals surface area contributed by atoms with Crippen molar-refractivity contribution in [3.63, 3.8) is 0 Å². The molecule has 2 aromatic carbocycles. The lowest BCUT2D eigenvalue weighted by Crippen LogP contribution is -2.44. The first kappa shape index (κ1) is 20.6. The molecule has 26 heavy (non-hydrogen) atoms. The number of hydrogen-bond acceptors (Lipinski definition) is 4. The topological polar surface area (TPSA) is 76.1 Å². The molecule has 0 radical (unpaired) electrons. The van der Waals surface area contributed by atoms with Crippen LogP contribution in [0.3, 0.4) is 0 Å². The van der Waals surface area contributed by atoms with Gasteiger partial charge in [0.2, 0.25) is 0 Å². The Morgan fingerprint density at radius 1 is 0.846 bits per heavy atom. The van der Waals surface area contributed by atoms with Crippen LogP contribution in [0.2, 0.25) is 0 Å². The fourth-order valence-electron chi connectivity index (χ4n) is 3.41. The molecular weight excluding hydrogens is 320 g/mol. The highest BCUT2D eigenvalue weighted by molar-refractivity contribution is 5.30. The normalized spacial score (nSPS) is 13.5. The van der Waals surface area contributed by atoms with Crippen LogP contribution >= 0.6 is 0 Å². The summed E-state index contributed by atoms with van der Waals surface area (Å²) in [6.45, 7) is 5.28. The van der Waals surface area contributed by atoms with Crippen molar-refractivity contribution in [3.8, 4) is 0 Å². The summed E-state index contributed by atoms with van der Waals surface area (Å²) < 4.78 is 0. The Labute approximate surface area is 158 Å². The fourth-order valence-corrected chi connectivity index (χ4v) is 3.41. The molecule has 0 amide bonds. The third-order valence-electron chi connectivity index (χ3n) is 4.82. The van der Waals surface area contributed by atoms with E-state index in [9.17, 15) is 0 Å². The maximum atomic E-state index is 5.80. The zero-order valence-corrected chi connectivity index (χ0v) is 16.0. The van der Waals surface area contributed by atoms with E-state index in [0.29, 0.717) is 19.1 Å². The lowest BCUT2D eigenvalue weighted by molar-refractivity contribution is 0.356. The van der Waals surface area contributed by atoms with Crippen LogP contribution in [0.25, 0.3) is 0 Å². The van der Waals surface area contributed by atoms with Crippen LogP contribution in [0.5, 0.6) is 0 Å². The van der Waals surface area contributed by atoms with Crippen LogP contribution in [-0.2, 0) is 6.42 Å². The Hall–Kier alpha value is -1.72. The number of hydrogen-bond donors (Lipinski definition) is 4. The lowest BCUT2D eigenvalue weighted by atomic mass is 9.92. The second-order valence-corrected chi connectivity index (χ2v) is 6.80. The van der Waals surface area contributed by atoms with Crippen molar-refractivity contribution in [1.82, 2.24) is 10.6 Å². The van der Waals surface area contributed by atoms with Crippen LogP contribution < -0.4 is 22.1 Å². The van der Waals surface area contributed by atoms with Gasteiger partial charge in [0.25, 0.3) is 0 Å². The second-order valence-electron chi connectivity index (χ2n) is 6.80. The molecule has 1 unspecified atom stereocenters. The van der Waals surface area contributed by atoms with E-state index in [2.05, 4.69) is 72.2 Å². The Balaban J connectivity index is 2.09. The SMILES string of the molecule is Cc1ccccc1C(NCCN)[C@H](CCCN)NCCc1ccccc1. The minimum atomic E-state index is 0.238. The Morgan fingerprint density at radius 2 is 1.58 bits per heavy atom. The van der Waals surface area contributed by atoms with Crippen molar-refractivity contribution in [2.24, 2.45) is 11.5 Å². The van der Waals surface area contributed by atoms with E-state index < -0.39 is 0 Å². The molecule has 0 fully saturated rings. The van der Waals surface area contributed by atoms with Gasteiger partial charge >= 0.3 is 0 Å². The van der Waals surface area contributed by atoms with Crippen molar-refractivity contribution in [1.29, 1.82) is 0 Å². The van der Waals surface area contributed by atoms with E-state index in [4.69, 9.17) is 11.5 Å². The largest absolute Gasteiger partial charge is 0.330 e. The van der Waals surface area contributed by atoms with Gasteiger partial charge < -0.3 is 22.1 Å². The molecule has 0 bridgehead atoms. The third kappa shape index (κ3) is 6.54. The maximum Gasteiger partial charge on any atom is 0.0478 e. The highest BCUT2D eigenvalue weighted by Crippen LogP contribution is 2.23. The van der Waals surface area contributed by atoms with Gasteiger partial charge in [0.15, 0.2) is 0 Å². The van der Waals surface area contributed by atoms with Crippen molar-refractivity contribution < 1.29 is 0 Å². The minimum Gasteiger partial charge on any atom is -0.330 e. The summed E-state index contributed by atoms with van der Waals surface area (Å²) in [5.74, 6) is 0. The average molecular weight is 355 g/mol. The molecule has 0 aromatic heterocycles. The zero-order valence-electron chi connectivity index (χ0n) is 16.0. The van der Waals surface area contributed by atoms with E-state index in [1.54, 1.807) is 0 Å². The standard InChI is InChI=1S/C22H34N4/c1-18-8-5-6-11-20(18)22(26-17-15-24)21(12-7-14-23)25-16-13-19-9-3-2-4-10-19/h2-6,8-11,21-22,25-26H,7,12-17,23-24H2,1H3/t21-,22?/m0/s1. The van der Waals surface area contributed by atoms with E-state index in [0.717, 1.165) is 32.4 Å². The highest BCUT2D eigenvalue weighted by Gasteiger charge is 2.23.